The fourth-order valence-electron chi connectivity index (χ4n) is 3.03. The number of urea groups is 1. The zero-order valence-electron chi connectivity index (χ0n) is 14.5. The maximum absolute atomic E-state index is 12.5. The van der Waals surface area contributed by atoms with Gasteiger partial charge in [0, 0.05) is 24.5 Å². The van der Waals surface area contributed by atoms with Gasteiger partial charge in [0.05, 0.1) is 11.7 Å². The molecule has 0 bridgehead atoms. The number of anilines is 2. The first kappa shape index (κ1) is 17.2. The second-order valence-electron chi connectivity index (χ2n) is 6.27. The zero-order chi connectivity index (χ0) is 18.6. The minimum Gasteiger partial charge on any atom is -0.321 e. The van der Waals surface area contributed by atoms with Crippen LogP contribution in [0.5, 0.6) is 0 Å². The summed E-state index contributed by atoms with van der Waals surface area (Å²) in [5, 5.41) is 5.72. The van der Waals surface area contributed by atoms with E-state index in [1.54, 1.807) is 29.8 Å². The second-order valence-corrected chi connectivity index (χ2v) is 7.15. The lowest BCUT2D eigenvalue weighted by atomic mass is 10.0. The average molecular weight is 378 g/mol. The molecule has 2 N–H and O–H groups in total. The molecule has 0 atom stereocenters. The number of amides is 3. The number of nitrogens with one attached hydrogen (secondary N) is 2. The van der Waals surface area contributed by atoms with E-state index in [9.17, 15) is 9.59 Å². The van der Waals surface area contributed by atoms with Gasteiger partial charge in [-0.1, -0.05) is 24.3 Å². The molecule has 0 fully saturated rings. The van der Waals surface area contributed by atoms with E-state index in [0.29, 0.717) is 29.3 Å². The topological polar surface area (TPSA) is 74.3 Å². The summed E-state index contributed by atoms with van der Waals surface area (Å²) in [5.41, 5.74) is 5.47. The molecule has 4 rings (SSSR count). The molecular weight excluding hydrogens is 360 g/mol. The first-order valence-electron chi connectivity index (χ1n) is 8.62. The van der Waals surface area contributed by atoms with Crippen LogP contribution in [0.4, 0.5) is 16.2 Å². The highest BCUT2D eigenvalue weighted by Crippen LogP contribution is 2.20. The molecular formula is C20H18N4O2S. The van der Waals surface area contributed by atoms with E-state index in [4.69, 9.17) is 0 Å². The monoisotopic (exact) mass is 378 g/mol. The molecule has 136 valence electrons. The third kappa shape index (κ3) is 3.98. The fourth-order valence-corrected chi connectivity index (χ4v) is 3.54. The number of fused-ring (bicyclic) bond motifs is 1. The lowest BCUT2D eigenvalue weighted by Gasteiger charge is -2.29. The van der Waals surface area contributed by atoms with Crippen molar-refractivity contribution in [3.8, 4) is 0 Å². The summed E-state index contributed by atoms with van der Waals surface area (Å²) in [6.07, 6.45) is 2.40. The van der Waals surface area contributed by atoms with Crippen LogP contribution < -0.4 is 10.6 Å². The first-order valence-corrected chi connectivity index (χ1v) is 9.49. The summed E-state index contributed by atoms with van der Waals surface area (Å²) in [4.78, 5) is 30.8. The predicted octanol–water partition coefficient (Wildman–Crippen LogP) is 3.99. The number of rotatable bonds is 3. The molecule has 3 amide bonds. The van der Waals surface area contributed by atoms with Crippen molar-refractivity contribution in [2.24, 2.45) is 0 Å². The highest BCUT2D eigenvalue weighted by atomic mass is 32.1. The van der Waals surface area contributed by atoms with E-state index < -0.39 is 0 Å². The Morgan fingerprint density at radius 3 is 2.37 bits per heavy atom. The summed E-state index contributed by atoms with van der Waals surface area (Å²) < 4.78 is 0. The number of hydrogen-bond donors (Lipinski definition) is 2. The van der Waals surface area contributed by atoms with Crippen LogP contribution >= 0.6 is 11.3 Å². The van der Waals surface area contributed by atoms with Crippen molar-refractivity contribution in [3.05, 3.63) is 76.2 Å². The number of benzene rings is 2. The standard InChI is InChI=1S/C20H18N4O2S/c25-19(18-11-21-13-27-18)22-16-5-7-17(8-6-16)23-20(26)24-10-9-14-3-1-2-4-15(14)12-24/h1-8,11,13H,9-10,12H2,(H,22,25)(H,23,26). The summed E-state index contributed by atoms with van der Waals surface area (Å²) in [5.74, 6) is -0.193. The van der Waals surface area contributed by atoms with Gasteiger partial charge in [-0.05, 0) is 41.8 Å². The van der Waals surface area contributed by atoms with Crippen molar-refractivity contribution in [3.63, 3.8) is 0 Å². The summed E-state index contributed by atoms with van der Waals surface area (Å²) in [7, 11) is 0. The van der Waals surface area contributed by atoms with Crippen LogP contribution in [0.15, 0.2) is 60.2 Å². The van der Waals surface area contributed by atoms with Crippen LogP contribution in [0.3, 0.4) is 0 Å². The maximum Gasteiger partial charge on any atom is 0.322 e. The van der Waals surface area contributed by atoms with Crippen molar-refractivity contribution in [2.75, 3.05) is 17.2 Å². The first-order chi connectivity index (χ1) is 13.2. The van der Waals surface area contributed by atoms with Crippen molar-refractivity contribution in [1.29, 1.82) is 0 Å². The Morgan fingerprint density at radius 1 is 0.963 bits per heavy atom. The number of aromatic nitrogens is 1. The van der Waals surface area contributed by atoms with Gasteiger partial charge in [0.1, 0.15) is 4.88 Å². The molecule has 1 aromatic heterocycles. The van der Waals surface area contributed by atoms with Crippen molar-refractivity contribution < 1.29 is 9.59 Å². The van der Waals surface area contributed by atoms with Crippen LogP contribution in [-0.2, 0) is 13.0 Å². The molecule has 3 aromatic rings. The molecule has 2 heterocycles. The van der Waals surface area contributed by atoms with Gasteiger partial charge in [0.25, 0.3) is 5.91 Å². The van der Waals surface area contributed by atoms with Gasteiger partial charge in [-0.15, -0.1) is 11.3 Å². The zero-order valence-corrected chi connectivity index (χ0v) is 15.3. The summed E-state index contributed by atoms with van der Waals surface area (Å²) in [6, 6.07) is 15.2. The SMILES string of the molecule is O=C(Nc1ccc(NC(=O)N2CCc3ccccc3C2)cc1)c1cncs1. The van der Waals surface area contributed by atoms with Crippen LogP contribution in [0, 0.1) is 0 Å². The van der Waals surface area contributed by atoms with Gasteiger partial charge in [0.2, 0.25) is 0 Å². The minimum atomic E-state index is -0.193. The Kier molecular flexibility index (Phi) is 4.84. The lowest BCUT2D eigenvalue weighted by molar-refractivity contribution is 0.103. The minimum absolute atomic E-state index is 0.119. The molecule has 0 spiro atoms. The quantitative estimate of drug-likeness (QED) is 0.724. The molecule has 0 unspecified atom stereocenters. The lowest BCUT2D eigenvalue weighted by Crippen LogP contribution is -2.38. The molecule has 7 heteroatoms. The Labute approximate surface area is 160 Å². The highest BCUT2D eigenvalue weighted by molar-refractivity contribution is 7.11. The smallest absolute Gasteiger partial charge is 0.321 e. The van der Waals surface area contributed by atoms with Crippen LogP contribution in [0.25, 0.3) is 0 Å². The number of carbonyl (C=O) groups is 2. The summed E-state index contributed by atoms with van der Waals surface area (Å²) in [6.45, 7) is 1.32. The van der Waals surface area contributed by atoms with Gasteiger partial charge in [-0.25, -0.2) is 4.79 Å². The maximum atomic E-state index is 12.5. The van der Waals surface area contributed by atoms with Gasteiger partial charge in [-0.2, -0.15) is 0 Å². The number of thiazole rings is 1. The summed E-state index contributed by atoms with van der Waals surface area (Å²) >= 11 is 1.29. The van der Waals surface area contributed by atoms with E-state index in [2.05, 4.69) is 27.8 Å². The van der Waals surface area contributed by atoms with E-state index in [-0.39, 0.29) is 11.9 Å². The Bertz CT molecular complexity index is 954. The van der Waals surface area contributed by atoms with E-state index in [1.807, 2.05) is 17.0 Å². The van der Waals surface area contributed by atoms with E-state index >= 15 is 0 Å². The molecule has 0 radical (unpaired) electrons. The number of hydrogen-bond acceptors (Lipinski definition) is 4. The number of nitrogens with zero attached hydrogens (tertiary/aromatic N) is 2. The predicted molar refractivity (Wildman–Crippen MR) is 106 cm³/mol. The third-order valence-corrected chi connectivity index (χ3v) is 5.24. The molecule has 0 saturated carbocycles. The van der Waals surface area contributed by atoms with Crippen molar-refractivity contribution in [1.82, 2.24) is 9.88 Å². The second kappa shape index (κ2) is 7.59. The van der Waals surface area contributed by atoms with E-state index in [0.717, 1.165) is 6.42 Å². The molecule has 6 nitrogen and oxygen atoms in total. The fraction of sp³-hybridized carbons (Fsp3) is 0.150. The van der Waals surface area contributed by atoms with Crippen molar-refractivity contribution in [2.45, 2.75) is 13.0 Å². The average Bonchev–Trinajstić information content (AvgIpc) is 3.24. The van der Waals surface area contributed by atoms with Gasteiger partial charge in [0.15, 0.2) is 0 Å². The van der Waals surface area contributed by atoms with E-state index in [1.165, 1.54) is 28.7 Å². The number of carbonyl (C=O) groups excluding carboxylic acids is 2. The Morgan fingerprint density at radius 2 is 1.67 bits per heavy atom. The molecule has 0 aliphatic carbocycles. The van der Waals surface area contributed by atoms with Gasteiger partial charge < -0.3 is 15.5 Å². The van der Waals surface area contributed by atoms with Gasteiger partial charge in [-0.3, -0.25) is 9.78 Å². The van der Waals surface area contributed by atoms with Gasteiger partial charge >= 0.3 is 6.03 Å². The Balaban J connectivity index is 1.36. The van der Waals surface area contributed by atoms with Crippen molar-refractivity contribution >= 4 is 34.6 Å². The normalized spacial score (nSPS) is 13.0. The molecule has 27 heavy (non-hydrogen) atoms. The Hall–Kier alpha value is -3.19. The molecule has 2 aromatic carbocycles. The molecule has 1 aliphatic rings. The van der Waals surface area contributed by atoms with Crippen LogP contribution in [0.2, 0.25) is 0 Å². The van der Waals surface area contributed by atoms with Crippen LogP contribution in [0.1, 0.15) is 20.8 Å². The van der Waals surface area contributed by atoms with Crippen LogP contribution in [-0.4, -0.2) is 28.4 Å². The molecule has 0 saturated heterocycles. The largest absolute Gasteiger partial charge is 0.322 e. The molecule has 1 aliphatic heterocycles. The highest BCUT2D eigenvalue weighted by Gasteiger charge is 2.20. The third-order valence-electron chi connectivity index (χ3n) is 4.47.